The molecule has 1 aliphatic rings. The van der Waals surface area contributed by atoms with Crippen molar-refractivity contribution in [1.29, 1.82) is 0 Å². The first-order valence-corrected chi connectivity index (χ1v) is 6.51. The van der Waals surface area contributed by atoms with Crippen molar-refractivity contribution in [2.45, 2.75) is 13.5 Å². The predicted molar refractivity (Wildman–Crippen MR) is 73.2 cm³/mol. The first-order valence-electron chi connectivity index (χ1n) is 5.75. The minimum atomic E-state index is -0.671. The molecule has 3 rings (SSSR count). The number of rotatable bonds is 2. The molecular formula is C13H8Cl2N2O3. The van der Waals surface area contributed by atoms with Crippen molar-refractivity contribution in [3.63, 3.8) is 0 Å². The number of hydrogen-bond donors (Lipinski definition) is 0. The van der Waals surface area contributed by atoms with Crippen molar-refractivity contribution in [3.8, 4) is 0 Å². The lowest BCUT2D eigenvalue weighted by Crippen LogP contribution is -2.29. The van der Waals surface area contributed by atoms with E-state index in [0.717, 1.165) is 0 Å². The molecular weight excluding hydrogens is 303 g/mol. The topological polar surface area (TPSA) is 63.4 Å². The Hall–Kier alpha value is -1.85. The third-order valence-electron chi connectivity index (χ3n) is 3.01. The molecule has 20 heavy (non-hydrogen) atoms. The lowest BCUT2D eigenvalue weighted by atomic mass is 10.1. The average molecular weight is 311 g/mol. The van der Waals surface area contributed by atoms with Crippen molar-refractivity contribution >= 4 is 40.6 Å². The Labute approximate surface area is 124 Å². The van der Waals surface area contributed by atoms with Gasteiger partial charge in [-0.15, -0.1) is 0 Å². The van der Waals surface area contributed by atoms with Crippen LogP contribution in [0.4, 0.5) is 5.69 Å². The number of hydrogen-bond acceptors (Lipinski definition) is 4. The minimum Gasteiger partial charge on any atom is -0.361 e. The lowest BCUT2D eigenvalue weighted by Gasteiger charge is -2.16. The number of aromatic nitrogens is 1. The number of fused-ring (bicyclic) bond motifs is 1. The standard InChI is InChI=1S/C13H8Cl2N2O3/c1-6-4-7(16-20-6)5-17-11-9(15)3-2-8(14)10(11)12(18)13(17)19/h2-4H,5H2,1H3. The van der Waals surface area contributed by atoms with Crippen LogP contribution in [0.2, 0.25) is 10.0 Å². The molecule has 0 saturated heterocycles. The van der Waals surface area contributed by atoms with E-state index in [1.807, 2.05) is 0 Å². The molecule has 102 valence electrons. The van der Waals surface area contributed by atoms with Gasteiger partial charge in [0.15, 0.2) is 0 Å². The van der Waals surface area contributed by atoms with Crippen LogP contribution in [-0.2, 0) is 11.3 Å². The summed E-state index contributed by atoms with van der Waals surface area (Å²) >= 11 is 12.1. The molecule has 0 fully saturated rings. The van der Waals surface area contributed by atoms with Gasteiger partial charge < -0.3 is 4.52 Å². The Bertz CT molecular complexity index is 739. The van der Waals surface area contributed by atoms with E-state index in [1.54, 1.807) is 19.1 Å². The molecule has 0 aliphatic carbocycles. The zero-order chi connectivity index (χ0) is 14.4. The van der Waals surface area contributed by atoms with Crippen LogP contribution in [0, 0.1) is 6.92 Å². The number of benzene rings is 1. The quantitative estimate of drug-likeness (QED) is 0.800. The average Bonchev–Trinajstić information content (AvgIpc) is 2.92. The summed E-state index contributed by atoms with van der Waals surface area (Å²) < 4.78 is 4.95. The molecule has 0 atom stereocenters. The third kappa shape index (κ3) is 1.90. The van der Waals surface area contributed by atoms with Gasteiger partial charge in [-0.1, -0.05) is 28.4 Å². The summed E-state index contributed by atoms with van der Waals surface area (Å²) in [5, 5.41) is 4.31. The van der Waals surface area contributed by atoms with Crippen LogP contribution < -0.4 is 4.90 Å². The fourth-order valence-corrected chi connectivity index (χ4v) is 2.66. The minimum absolute atomic E-state index is 0.106. The van der Waals surface area contributed by atoms with Crippen LogP contribution in [-0.4, -0.2) is 16.8 Å². The van der Waals surface area contributed by atoms with E-state index in [9.17, 15) is 9.59 Å². The second-order valence-corrected chi connectivity index (χ2v) is 5.22. The fraction of sp³-hybridized carbons (Fsp3) is 0.154. The van der Waals surface area contributed by atoms with E-state index < -0.39 is 11.7 Å². The van der Waals surface area contributed by atoms with Gasteiger partial charge in [0.25, 0.3) is 11.7 Å². The van der Waals surface area contributed by atoms with Gasteiger partial charge in [-0.2, -0.15) is 0 Å². The molecule has 2 heterocycles. The van der Waals surface area contributed by atoms with Crippen molar-refractivity contribution in [3.05, 3.63) is 45.3 Å². The molecule has 0 unspecified atom stereocenters. The molecule has 1 aliphatic heterocycles. The first kappa shape index (κ1) is 13.1. The molecule has 1 aromatic carbocycles. The highest BCUT2D eigenvalue weighted by Crippen LogP contribution is 2.40. The monoisotopic (exact) mass is 310 g/mol. The van der Waals surface area contributed by atoms with Crippen molar-refractivity contribution < 1.29 is 14.1 Å². The zero-order valence-corrected chi connectivity index (χ0v) is 11.8. The summed E-state index contributed by atoms with van der Waals surface area (Å²) in [5.41, 5.74) is 1.01. The predicted octanol–water partition coefficient (Wildman–Crippen LogP) is 3.02. The Balaban J connectivity index is 2.08. The van der Waals surface area contributed by atoms with Crippen molar-refractivity contribution in [1.82, 2.24) is 5.16 Å². The number of nitrogens with zero attached hydrogens (tertiary/aromatic N) is 2. The molecule has 7 heteroatoms. The van der Waals surface area contributed by atoms with Crippen LogP contribution in [0.15, 0.2) is 22.7 Å². The lowest BCUT2D eigenvalue weighted by molar-refractivity contribution is -0.114. The highest BCUT2D eigenvalue weighted by molar-refractivity contribution is 6.56. The van der Waals surface area contributed by atoms with E-state index in [4.69, 9.17) is 27.7 Å². The van der Waals surface area contributed by atoms with Gasteiger partial charge in [-0.05, 0) is 19.1 Å². The van der Waals surface area contributed by atoms with Gasteiger partial charge in [-0.3, -0.25) is 14.5 Å². The van der Waals surface area contributed by atoms with E-state index in [1.165, 1.54) is 11.0 Å². The van der Waals surface area contributed by atoms with E-state index in [2.05, 4.69) is 5.16 Å². The maximum atomic E-state index is 12.1. The van der Waals surface area contributed by atoms with Crippen LogP contribution in [0.1, 0.15) is 21.8 Å². The molecule has 0 radical (unpaired) electrons. The van der Waals surface area contributed by atoms with Crippen molar-refractivity contribution in [2.75, 3.05) is 4.90 Å². The normalized spacial score (nSPS) is 14.1. The van der Waals surface area contributed by atoms with Gasteiger partial charge in [0.1, 0.15) is 11.5 Å². The van der Waals surface area contributed by atoms with E-state index in [-0.39, 0.29) is 17.1 Å². The summed E-state index contributed by atoms with van der Waals surface area (Å²) in [6, 6.07) is 4.74. The maximum absolute atomic E-state index is 12.1. The molecule has 0 spiro atoms. The maximum Gasteiger partial charge on any atom is 0.299 e. The number of amides is 1. The van der Waals surface area contributed by atoms with Gasteiger partial charge >= 0.3 is 0 Å². The van der Waals surface area contributed by atoms with Crippen LogP contribution in [0.25, 0.3) is 0 Å². The SMILES string of the molecule is Cc1cc(CN2C(=O)C(=O)c3c(Cl)ccc(Cl)c32)no1. The van der Waals surface area contributed by atoms with Gasteiger partial charge in [0, 0.05) is 6.07 Å². The summed E-state index contributed by atoms with van der Waals surface area (Å²) in [6.45, 7) is 1.85. The summed E-state index contributed by atoms with van der Waals surface area (Å²) in [4.78, 5) is 25.3. The van der Waals surface area contributed by atoms with E-state index >= 15 is 0 Å². The molecule has 0 bridgehead atoms. The number of Topliss-reactive ketones (excluding diaryl/α,β-unsaturated/α-hetero) is 1. The fourth-order valence-electron chi connectivity index (χ4n) is 2.16. The Morgan fingerprint density at radius 3 is 2.60 bits per heavy atom. The van der Waals surface area contributed by atoms with Crippen LogP contribution in [0.5, 0.6) is 0 Å². The number of halogens is 2. The number of carbonyl (C=O) groups excluding carboxylic acids is 2. The Morgan fingerprint density at radius 2 is 1.95 bits per heavy atom. The summed E-state index contributed by atoms with van der Waals surface area (Å²) in [6.07, 6.45) is 0. The number of carbonyl (C=O) groups is 2. The van der Waals surface area contributed by atoms with Gasteiger partial charge in [-0.25, -0.2) is 0 Å². The number of ketones is 1. The summed E-state index contributed by atoms with van der Waals surface area (Å²) in [7, 11) is 0. The first-order chi connectivity index (χ1) is 9.49. The molecule has 1 amide bonds. The molecule has 0 N–H and O–H groups in total. The second kappa shape index (κ2) is 4.61. The Kier molecular flexibility index (Phi) is 3.03. The number of aryl methyl sites for hydroxylation is 1. The summed E-state index contributed by atoms with van der Waals surface area (Å²) in [5.74, 6) is -0.709. The van der Waals surface area contributed by atoms with Crippen LogP contribution >= 0.6 is 23.2 Å². The highest BCUT2D eigenvalue weighted by Gasteiger charge is 2.39. The largest absolute Gasteiger partial charge is 0.361 e. The Morgan fingerprint density at radius 1 is 1.25 bits per heavy atom. The van der Waals surface area contributed by atoms with Gasteiger partial charge in [0.05, 0.1) is 27.8 Å². The highest BCUT2D eigenvalue weighted by atomic mass is 35.5. The zero-order valence-electron chi connectivity index (χ0n) is 10.3. The van der Waals surface area contributed by atoms with Gasteiger partial charge in [0.2, 0.25) is 0 Å². The second-order valence-electron chi connectivity index (χ2n) is 4.40. The third-order valence-corrected chi connectivity index (χ3v) is 3.63. The van der Waals surface area contributed by atoms with E-state index in [0.29, 0.717) is 22.2 Å². The smallest absolute Gasteiger partial charge is 0.299 e. The number of anilines is 1. The van der Waals surface area contributed by atoms with Crippen LogP contribution in [0.3, 0.4) is 0 Å². The molecule has 2 aromatic rings. The molecule has 1 aromatic heterocycles. The molecule has 5 nitrogen and oxygen atoms in total. The molecule has 0 saturated carbocycles. The van der Waals surface area contributed by atoms with Crippen molar-refractivity contribution in [2.24, 2.45) is 0 Å².